The molecule has 1 saturated heterocycles. The van der Waals surface area contributed by atoms with E-state index >= 15 is 0 Å². The molecule has 33 heavy (non-hydrogen) atoms. The molecule has 1 aliphatic rings. The molecule has 0 saturated carbocycles. The summed E-state index contributed by atoms with van der Waals surface area (Å²) < 4.78 is 0. The second-order valence-electron chi connectivity index (χ2n) is 7.94. The molecular formula is C26H23ClN4O2. The van der Waals surface area contributed by atoms with Crippen molar-refractivity contribution >= 4 is 39.9 Å². The van der Waals surface area contributed by atoms with Gasteiger partial charge >= 0.3 is 0 Å². The SMILES string of the molecule is O=C(Nc1ccc(Cl)c(-c2cnc3ccccc3n2)c1)c1ccc(N2CCCCCO2)cc1. The van der Waals surface area contributed by atoms with Gasteiger partial charge in [-0.2, -0.15) is 0 Å². The number of halogens is 1. The number of amides is 1. The van der Waals surface area contributed by atoms with E-state index in [1.165, 1.54) is 6.42 Å². The van der Waals surface area contributed by atoms with Gasteiger partial charge in [0, 0.05) is 23.4 Å². The van der Waals surface area contributed by atoms with Gasteiger partial charge in [0.25, 0.3) is 5.91 Å². The lowest BCUT2D eigenvalue weighted by molar-refractivity contribution is 0.102. The van der Waals surface area contributed by atoms with Crippen molar-refractivity contribution < 1.29 is 9.63 Å². The lowest BCUT2D eigenvalue weighted by Crippen LogP contribution is -2.23. The highest BCUT2D eigenvalue weighted by molar-refractivity contribution is 6.33. The maximum Gasteiger partial charge on any atom is 0.255 e. The zero-order valence-corrected chi connectivity index (χ0v) is 18.8. The molecule has 1 aliphatic heterocycles. The largest absolute Gasteiger partial charge is 0.322 e. The van der Waals surface area contributed by atoms with Crippen molar-refractivity contribution in [3.05, 3.63) is 83.5 Å². The predicted molar refractivity (Wildman–Crippen MR) is 132 cm³/mol. The highest BCUT2D eigenvalue weighted by Crippen LogP contribution is 2.30. The molecule has 1 N–H and O–H groups in total. The van der Waals surface area contributed by atoms with Gasteiger partial charge in [-0.05, 0) is 73.9 Å². The smallest absolute Gasteiger partial charge is 0.255 e. The van der Waals surface area contributed by atoms with Crippen LogP contribution in [0.3, 0.4) is 0 Å². The van der Waals surface area contributed by atoms with E-state index in [9.17, 15) is 4.79 Å². The van der Waals surface area contributed by atoms with Crippen LogP contribution in [0.25, 0.3) is 22.3 Å². The van der Waals surface area contributed by atoms with E-state index in [-0.39, 0.29) is 5.91 Å². The summed E-state index contributed by atoms with van der Waals surface area (Å²) in [5.41, 5.74) is 5.12. The van der Waals surface area contributed by atoms with Gasteiger partial charge in [0.05, 0.1) is 40.2 Å². The summed E-state index contributed by atoms with van der Waals surface area (Å²) >= 11 is 6.44. The van der Waals surface area contributed by atoms with E-state index in [1.807, 2.05) is 59.7 Å². The average molecular weight is 459 g/mol. The number of carbonyl (C=O) groups is 1. The van der Waals surface area contributed by atoms with Crippen LogP contribution < -0.4 is 10.4 Å². The van der Waals surface area contributed by atoms with Crippen molar-refractivity contribution in [2.24, 2.45) is 0 Å². The Balaban J connectivity index is 1.34. The van der Waals surface area contributed by atoms with Crippen LogP contribution in [0.1, 0.15) is 29.6 Å². The quantitative estimate of drug-likeness (QED) is 0.398. The number of para-hydroxylation sites is 2. The standard InChI is InChI=1S/C26H23ClN4O2/c27-22-13-10-19(16-21(22)25-17-28-23-6-2-3-7-24(23)30-25)29-26(32)18-8-11-20(12-9-18)31-14-4-1-5-15-33-31/h2-3,6-13,16-17H,1,4-5,14-15H2,(H,29,32). The highest BCUT2D eigenvalue weighted by atomic mass is 35.5. The summed E-state index contributed by atoms with van der Waals surface area (Å²) in [7, 11) is 0. The number of hydroxylamine groups is 1. The van der Waals surface area contributed by atoms with E-state index < -0.39 is 0 Å². The first-order chi connectivity index (χ1) is 16.2. The number of rotatable bonds is 4. The average Bonchev–Trinajstić information content (AvgIpc) is 3.15. The summed E-state index contributed by atoms with van der Waals surface area (Å²) in [4.78, 5) is 27.8. The summed E-state index contributed by atoms with van der Waals surface area (Å²) in [6.45, 7) is 1.58. The van der Waals surface area contributed by atoms with Gasteiger partial charge < -0.3 is 5.32 Å². The van der Waals surface area contributed by atoms with Crippen molar-refractivity contribution in [3.8, 4) is 11.3 Å². The van der Waals surface area contributed by atoms with E-state index in [0.29, 0.717) is 27.5 Å². The van der Waals surface area contributed by atoms with Gasteiger partial charge in [-0.25, -0.2) is 4.98 Å². The zero-order valence-electron chi connectivity index (χ0n) is 18.0. The molecule has 5 rings (SSSR count). The summed E-state index contributed by atoms with van der Waals surface area (Å²) in [6.07, 6.45) is 5.04. The lowest BCUT2D eigenvalue weighted by atomic mass is 10.1. The van der Waals surface area contributed by atoms with E-state index in [1.54, 1.807) is 18.3 Å². The molecule has 0 aliphatic carbocycles. The monoisotopic (exact) mass is 458 g/mol. The minimum absolute atomic E-state index is 0.198. The molecule has 7 heteroatoms. The van der Waals surface area contributed by atoms with Crippen molar-refractivity contribution in [1.29, 1.82) is 0 Å². The van der Waals surface area contributed by atoms with Crippen molar-refractivity contribution in [2.45, 2.75) is 19.3 Å². The van der Waals surface area contributed by atoms with Gasteiger partial charge in [0.15, 0.2) is 0 Å². The maximum atomic E-state index is 12.8. The van der Waals surface area contributed by atoms with Crippen LogP contribution in [0.4, 0.5) is 11.4 Å². The Morgan fingerprint density at radius 2 is 1.79 bits per heavy atom. The number of benzene rings is 3. The molecule has 4 aromatic rings. The molecular weight excluding hydrogens is 436 g/mol. The molecule has 2 heterocycles. The summed E-state index contributed by atoms with van der Waals surface area (Å²) in [5, 5.41) is 5.40. The molecule has 0 atom stereocenters. The predicted octanol–water partition coefficient (Wildman–Crippen LogP) is 6.12. The molecule has 1 amide bonds. The summed E-state index contributed by atoms with van der Waals surface area (Å²) in [5.74, 6) is -0.198. The Kier molecular flexibility index (Phi) is 6.19. The molecule has 1 aromatic heterocycles. The topological polar surface area (TPSA) is 67.4 Å². The number of nitrogens with zero attached hydrogens (tertiary/aromatic N) is 3. The molecule has 6 nitrogen and oxygen atoms in total. The van der Waals surface area contributed by atoms with Gasteiger partial charge in [-0.1, -0.05) is 23.7 Å². The Labute approximate surface area is 197 Å². The molecule has 0 spiro atoms. The normalized spacial score (nSPS) is 14.2. The van der Waals surface area contributed by atoms with E-state index in [0.717, 1.165) is 42.7 Å². The van der Waals surface area contributed by atoms with Crippen LogP contribution in [0.5, 0.6) is 0 Å². The minimum Gasteiger partial charge on any atom is -0.322 e. The van der Waals surface area contributed by atoms with Gasteiger partial charge in [0.2, 0.25) is 0 Å². The second kappa shape index (κ2) is 9.57. The highest BCUT2D eigenvalue weighted by Gasteiger charge is 2.14. The Hall–Kier alpha value is -3.48. The van der Waals surface area contributed by atoms with Crippen molar-refractivity contribution in [3.63, 3.8) is 0 Å². The van der Waals surface area contributed by atoms with Crippen LogP contribution in [-0.2, 0) is 4.84 Å². The Morgan fingerprint density at radius 1 is 0.970 bits per heavy atom. The van der Waals surface area contributed by atoms with Crippen LogP contribution in [0.15, 0.2) is 72.9 Å². The van der Waals surface area contributed by atoms with Gasteiger partial charge in [0.1, 0.15) is 0 Å². The van der Waals surface area contributed by atoms with Crippen molar-refractivity contribution in [2.75, 3.05) is 23.5 Å². The lowest BCUT2D eigenvalue weighted by Gasteiger charge is -2.21. The number of hydrogen-bond donors (Lipinski definition) is 1. The minimum atomic E-state index is -0.198. The number of hydrogen-bond acceptors (Lipinski definition) is 5. The Morgan fingerprint density at radius 3 is 2.64 bits per heavy atom. The fourth-order valence-corrected chi connectivity index (χ4v) is 4.06. The number of carbonyl (C=O) groups excluding carboxylic acids is 1. The number of anilines is 2. The third-order valence-electron chi connectivity index (χ3n) is 5.62. The van der Waals surface area contributed by atoms with Crippen LogP contribution >= 0.6 is 11.6 Å². The molecule has 0 unspecified atom stereocenters. The molecule has 166 valence electrons. The fourth-order valence-electron chi connectivity index (χ4n) is 3.85. The third-order valence-corrected chi connectivity index (χ3v) is 5.95. The van der Waals surface area contributed by atoms with Gasteiger partial charge in [-0.3, -0.25) is 19.7 Å². The first-order valence-corrected chi connectivity index (χ1v) is 11.4. The molecule has 0 radical (unpaired) electrons. The second-order valence-corrected chi connectivity index (χ2v) is 8.34. The fraction of sp³-hybridized carbons (Fsp3) is 0.192. The van der Waals surface area contributed by atoms with Gasteiger partial charge in [-0.15, -0.1) is 0 Å². The zero-order chi connectivity index (χ0) is 22.6. The summed E-state index contributed by atoms with van der Waals surface area (Å²) in [6, 6.07) is 20.5. The van der Waals surface area contributed by atoms with Crippen LogP contribution in [-0.4, -0.2) is 29.0 Å². The number of nitrogens with one attached hydrogen (secondary N) is 1. The molecule has 1 fully saturated rings. The molecule has 0 bridgehead atoms. The van der Waals surface area contributed by atoms with E-state index in [2.05, 4.69) is 15.3 Å². The first kappa shape index (κ1) is 21.4. The van der Waals surface area contributed by atoms with Crippen molar-refractivity contribution in [1.82, 2.24) is 9.97 Å². The number of fused-ring (bicyclic) bond motifs is 1. The van der Waals surface area contributed by atoms with E-state index in [4.69, 9.17) is 16.4 Å². The molecule has 3 aromatic carbocycles. The first-order valence-electron chi connectivity index (χ1n) is 11.0. The maximum absolute atomic E-state index is 12.8. The third kappa shape index (κ3) is 4.82. The number of aromatic nitrogens is 2. The van der Waals surface area contributed by atoms with Crippen LogP contribution in [0, 0.1) is 0 Å². The Bertz CT molecular complexity index is 1290. The van der Waals surface area contributed by atoms with Crippen LogP contribution in [0.2, 0.25) is 5.02 Å².